The van der Waals surface area contributed by atoms with E-state index in [1.807, 2.05) is 6.07 Å². The summed E-state index contributed by atoms with van der Waals surface area (Å²) in [4.78, 5) is 10.8. The molecule has 4 heterocycles. The number of hydrogen-bond donors (Lipinski definition) is 1. The summed E-state index contributed by atoms with van der Waals surface area (Å²) in [6, 6.07) is 3.12. The molecule has 82 valence electrons. The fourth-order valence-corrected chi connectivity index (χ4v) is 2.48. The first-order valence-corrected chi connectivity index (χ1v) is 5.59. The van der Waals surface area contributed by atoms with Crippen LogP contribution in [0.1, 0.15) is 18.4 Å². The Hall–Kier alpha value is -1.67. The minimum atomic E-state index is 0.512. The van der Waals surface area contributed by atoms with E-state index in [2.05, 4.69) is 20.2 Å². The number of rotatable bonds is 1. The summed E-state index contributed by atoms with van der Waals surface area (Å²) < 4.78 is 0. The quantitative estimate of drug-likeness (QED) is 0.729. The van der Waals surface area contributed by atoms with Crippen LogP contribution in [0.2, 0.25) is 0 Å². The standard InChI is InChI=1S/C11H13N5/c12-3-8-4-14-11(15-5-8)16-7-9-1-2-10(16)6-13-9/h4-5,9-10,13H,1-2,6-7H2. The van der Waals surface area contributed by atoms with Gasteiger partial charge in [0.2, 0.25) is 5.95 Å². The maximum Gasteiger partial charge on any atom is 0.225 e. The lowest BCUT2D eigenvalue weighted by Gasteiger charge is -2.45. The highest BCUT2D eigenvalue weighted by Crippen LogP contribution is 2.25. The van der Waals surface area contributed by atoms with Crippen molar-refractivity contribution in [2.75, 3.05) is 18.0 Å². The molecule has 0 aromatic carbocycles. The topological polar surface area (TPSA) is 64.8 Å². The molecular formula is C11H13N5. The predicted octanol–water partition coefficient (Wildman–Crippen LogP) is 0.289. The SMILES string of the molecule is N#Cc1cnc(N2CC3CCC2CN3)nc1. The van der Waals surface area contributed by atoms with Crippen LogP contribution in [0.5, 0.6) is 0 Å². The van der Waals surface area contributed by atoms with Gasteiger partial charge in [-0.05, 0) is 12.8 Å². The average molecular weight is 215 g/mol. The van der Waals surface area contributed by atoms with E-state index in [0.29, 0.717) is 17.6 Å². The van der Waals surface area contributed by atoms with Gasteiger partial charge in [0.1, 0.15) is 6.07 Å². The molecule has 0 aliphatic carbocycles. The van der Waals surface area contributed by atoms with Crippen LogP contribution in [0.4, 0.5) is 5.95 Å². The minimum Gasteiger partial charge on any atom is -0.335 e. The molecule has 3 fully saturated rings. The molecule has 5 nitrogen and oxygen atoms in total. The fraction of sp³-hybridized carbons (Fsp3) is 0.545. The first kappa shape index (κ1) is 9.55. The van der Waals surface area contributed by atoms with Crippen molar-refractivity contribution in [3.05, 3.63) is 18.0 Å². The number of anilines is 1. The van der Waals surface area contributed by atoms with Crippen LogP contribution < -0.4 is 10.2 Å². The number of nitriles is 1. The van der Waals surface area contributed by atoms with Crippen molar-refractivity contribution < 1.29 is 0 Å². The monoisotopic (exact) mass is 215 g/mol. The molecular weight excluding hydrogens is 202 g/mol. The number of nitrogens with zero attached hydrogens (tertiary/aromatic N) is 4. The molecule has 3 aliphatic heterocycles. The van der Waals surface area contributed by atoms with E-state index in [-0.39, 0.29) is 0 Å². The van der Waals surface area contributed by atoms with Gasteiger partial charge in [0.25, 0.3) is 0 Å². The minimum absolute atomic E-state index is 0.512. The van der Waals surface area contributed by atoms with E-state index in [0.717, 1.165) is 19.0 Å². The fourth-order valence-electron chi connectivity index (χ4n) is 2.48. The third-order valence-corrected chi connectivity index (χ3v) is 3.37. The van der Waals surface area contributed by atoms with E-state index >= 15 is 0 Å². The average Bonchev–Trinajstić information content (AvgIpc) is 2.40. The molecule has 2 bridgehead atoms. The van der Waals surface area contributed by atoms with Crippen molar-refractivity contribution in [3.63, 3.8) is 0 Å². The molecule has 0 saturated carbocycles. The molecule has 5 heteroatoms. The third kappa shape index (κ3) is 1.51. The predicted molar refractivity (Wildman–Crippen MR) is 58.9 cm³/mol. The molecule has 0 amide bonds. The van der Waals surface area contributed by atoms with Gasteiger partial charge >= 0.3 is 0 Å². The van der Waals surface area contributed by atoms with Crippen molar-refractivity contribution in [1.29, 1.82) is 5.26 Å². The summed E-state index contributed by atoms with van der Waals surface area (Å²) in [6.07, 6.45) is 5.65. The van der Waals surface area contributed by atoms with Gasteiger partial charge in [-0.2, -0.15) is 5.26 Å². The first-order valence-electron chi connectivity index (χ1n) is 5.59. The Morgan fingerprint density at radius 3 is 2.69 bits per heavy atom. The number of aromatic nitrogens is 2. The highest BCUT2D eigenvalue weighted by atomic mass is 15.3. The third-order valence-electron chi connectivity index (χ3n) is 3.37. The van der Waals surface area contributed by atoms with Crippen LogP contribution in [0, 0.1) is 11.3 Å². The molecule has 2 unspecified atom stereocenters. The lowest BCUT2D eigenvalue weighted by molar-refractivity contribution is 0.287. The van der Waals surface area contributed by atoms with Gasteiger partial charge in [-0.15, -0.1) is 0 Å². The van der Waals surface area contributed by atoms with E-state index < -0.39 is 0 Å². The van der Waals surface area contributed by atoms with Crippen LogP contribution >= 0.6 is 0 Å². The molecule has 0 radical (unpaired) electrons. The van der Waals surface area contributed by atoms with Crippen LogP contribution in [-0.2, 0) is 0 Å². The lowest BCUT2D eigenvalue weighted by Crippen LogP contribution is -2.61. The first-order chi connectivity index (χ1) is 7.86. The highest BCUT2D eigenvalue weighted by molar-refractivity contribution is 5.36. The van der Waals surface area contributed by atoms with Gasteiger partial charge in [0, 0.05) is 25.2 Å². The molecule has 1 N–H and O–H groups in total. The van der Waals surface area contributed by atoms with Crippen molar-refractivity contribution in [2.45, 2.75) is 24.9 Å². The summed E-state index contributed by atoms with van der Waals surface area (Å²) in [6.45, 7) is 2.00. The van der Waals surface area contributed by atoms with Crippen molar-refractivity contribution in [1.82, 2.24) is 15.3 Å². The number of piperidine rings is 2. The normalized spacial score (nSPS) is 27.8. The van der Waals surface area contributed by atoms with Gasteiger partial charge < -0.3 is 10.2 Å². The maximum atomic E-state index is 8.69. The number of nitrogens with one attached hydrogen (secondary N) is 1. The Morgan fingerprint density at radius 1 is 1.38 bits per heavy atom. The molecule has 1 aromatic rings. The molecule has 2 atom stereocenters. The Kier molecular flexibility index (Phi) is 2.22. The van der Waals surface area contributed by atoms with Crippen LogP contribution in [0.25, 0.3) is 0 Å². The summed E-state index contributed by atoms with van der Waals surface area (Å²) >= 11 is 0. The largest absolute Gasteiger partial charge is 0.335 e. The molecule has 3 saturated heterocycles. The second-order valence-electron chi connectivity index (χ2n) is 4.37. The Balaban J connectivity index is 1.84. The van der Waals surface area contributed by atoms with Gasteiger partial charge in [-0.3, -0.25) is 0 Å². The van der Waals surface area contributed by atoms with Crippen molar-refractivity contribution in [3.8, 4) is 6.07 Å². The zero-order chi connectivity index (χ0) is 11.0. The molecule has 1 aromatic heterocycles. The van der Waals surface area contributed by atoms with Crippen molar-refractivity contribution >= 4 is 5.95 Å². The van der Waals surface area contributed by atoms with Gasteiger partial charge in [0.15, 0.2) is 0 Å². The maximum absolute atomic E-state index is 8.69. The number of fused-ring (bicyclic) bond motifs is 3. The van der Waals surface area contributed by atoms with Crippen LogP contribution in [0.15, 0.2) is 12.4 Å². The summed E-state index contributed by atoms with van der Waals surface area (Å²) in [5.41, 5.74) is 0.518. The summed E-state index contributed by atoms with van der Waals surface area (Å²) in [5.74, 6) is 0.759. The Bertz CT molecular complexity index is 413. The van der Waals surface area contributed by atoms with Crippen LogP contribution in [0.3, 0.4) is 0 Å². The van der Waals surface area contributed by atoms with Gasteiger partial charge in [0.05, 0.1) is 18.0 Å². The second kappa shape index (κ2) is 3.72. The summed E-state index contributed by atoms with van der Waals surface area (Å²) in [7, 11) is 0. The molecule has 3 aliphatic rings. The zero-order valence-electron chi connectivity index (χ0n) is 8.93. The number of hydrogen-bond acceptors (Lipinski definition) is 5. The van der Waals surface area contributed by atoms with Crippen molar-refractivity contribution in [2.24, 2.45) is 0 Å². The summed E-state index contributed by atoms with van der Waals surface area (Å²) in [5, 5.41) is 12.2. The number of piperazine rings is 1. The smallest absolute Gasteiger partial charge is 0.225 e. The lowest BCUT2D eigenvalue weighted by atomic mass is 9.93. The second-order valence-corrected chi connectivity index (χ2v) is 4.37. The van der Waals surface area contributed by atoms with E-state index in [1.54, 1.807) is 12.4 Å². The Morgan fingerprint density at radius 2 is 2.19 bits per heavy atom. The van der Waals surface area contributed by atoms with E-state index in [9.17, 15) is 0 Å². The molecule has 4 rings (SSSR count). The molecule has 16 heavy (non-hydrogen) atoms. The van der Waals surface area contributed by atoms with Gasteiger partial charge in [-0.1, -0.05) is 0 Å². The highest BCUT2D eigenvalue weighted by Gasteiger charge is 2.34. The zero-order valence-corrected chi connectivity index (χ0v) is 8.93. The van der Waals surface area contributed by atoms with Gasteiger partial charge in [-0.25, -0.2) is 9.97 Å². The molecule has 0 spiro atoms. The van der Waals surface area contributed by atoms with Crippen LogP contribution in [-0.4, -0.2) is 35.1 Å². The van der Waals surface area contributed by atoms with E-state index in [4.69, 9.17) is 5.26 Å². The Labute approximate surface area is 94.1 Å². The van der Waals surface area contributed by atoms with E-state index in [1.165, 1.54) is 12.8 Å².